The van der Waals surface area contributed by atoms with Crippen molar-refractivity contribution in [1.29, 1.82) is 0 Å². The monoisotopic (exact) mass is 851 g/mol. The minimum atomic E-state index is -0.799. The Morgan fingerprint density at radius 2 is 0.639 bits per heavy atom. The molecular formula is C55H94O6. The molecule has 0 heterocycles. The van der Waals surface area contributed by atoms with Crippen LogP contribution in [-0.2, 0) is 28.6 Å². The predicted octanol–water partition coefficient (Wildman–Crippen LogP) is 16.6. The van der Waals surface area contributed by atoms with E-state index in [9.17, 15) is 14.4 Å². The highest BCUT2D eigenvalue weighted by Crippen LogP contribution is 2.13. The van der Waals surface area contributed by atoms with Gasteiger partial charge in [-0.05, 0) is 109 Å². The van der Waals surface area contributed by atoms with Crippen LogP contribution in [-0.4, -0.2) is 37.2 Å². The molecule has 61 heavy (non-hydrogen) atoms. The van der Waals surface area contributed by atoms with Gasteiger partial charge in [0.05, 0.1) is 0 Å². The van der Waals surface area contributed by atoms with Crippen LogP contribution in [0.4, 0.5) is 0 Å². The Hall–Kier alpha value is -3.15. The lowest BCUT2D eigenvalue weighted by Crippen LogP contribution is -2.30. The number of carbonyl (C=O) groups is 3. The Morgan fingerprint density at radius 3 is 1.07 bits per heavy atom. The van der Waals surface area contributed by atoms with Crippen LogP contribution in [0.3, 0.4) is 0 Å². The van der Waals surface area contributed by atoms with E-state index in [4.69, 9.17) is 14.2 Å². The lowest BCUT2D eigenvalue weighted by atomic mass is 10.1. The van der Waals surface area contributed by atoms with Gasteiger partial charge in [-0.2, -0.15) is 0 Å². The number of rotatable bonds is 45. The van der Waals surface area contributed by atoms with E-state index in [1.165, 1.54) is 96.3 Å². The van der Waals surface area contributed by atoms with Crippen molar-refractivity contribution in [2.24, 2.45) is 0 Å². The van der Waals surface area contributed by atoms with Crippen molar-refractivity contribution in [2.75, 3.05) is 13.2 Å². The van der Waals surface area contributed by atoms with Gasteiger partial charge in [0.25, 0.3) is 0 Å². The first-order valence-corrected chi connectivity index (χ1v) is 25.4. The molecule has 6 heteroatoms. The molecule has 0 bridgehead atoms. The van der Waals surface area contributed by atoms with Gasteiger partial charge in [-0.1, -0.05) is 184 Å². The molecule has 6 nitrogen and oxygen atoms in total. The summed E-state index contributed by atoms with van der Waals surface area (Å²) in [6.45, 7) is 6.45. The summed E-state index contributed by atoms with van der Waals surface area (Å²) in [5.74, 6) is -0.956. The zero-order valence-corrected chi connectivity index (χ0v) is 39.9. The predicted molar refractivity (Wildman–Crippen MR) is 261 cm³/mol. The van der Waals surface area contributed by atoms with Crippen molar-refractivity contribution >= 4 is 17.9 Å². The second-order valence-electron chi connectivity index (χ2n) is 16.7. The second-order valence-corrected chi connectivity index (χ2v) is 16.7. The number of carbonyl (C=O) groups excluding carboxylic acids is 3. The Morgan fingerprint density at radius 1 is 0.344 bits per heavy atom. The van der Waals surface area contributed by atoms with Gasteiger partial charge in [0.2, 0.25) is 0 Å². The molecule has 0 rings (SSSR count). The van der Waals surface area contributed by atoms with E-state index in [1.54, 1.807) is 0 Å². The maximum atomic E-state index is 12.8. The molecule has 0 aromatic heterocycles. The van der Waals surface area contributed by atoms with E-state index >= 15 is 0 Å². The number of allylic oxidation sites excluding steroid dienone is 12. The highest BCUT2D eigenvalue weighted by atomic mass is 16.6. The largest absolute Gasteiger partial charge is 0.462 e. The molecule has 0 amide bonds. The van der Waals surface area contributed by atoms with E-state index in [0.29, 0.717) is 19.3 Å². The average molecular weight is 851 g/mol. The standard InChI is InChI=1S/C55H94O6/c1-4-7-10-13-16-19-22-25-27-30-33-36-39-42-45-48-54(57)60-51-52(50-59-53(56)47-44-41-38-35-32-29-24-21-18-15-12-9-6-3)61-55(58)49-46-43-40-37-34-31-28-26-23-20-17-14-11-8-5-2/h7,10,16,19,21,24-28,33,36,52H,4-6,8-9,11-15,17-18,20,22-23,29-32,34-35,37-51H2,1-3H3/b10-7-,19-16-,24-21-,27-25-,28-26-,36-33-/t52-/m0/s1. The van der Waals surface area contributed by atoms with Crippen LogP contribution in [0.1, 0.15) is 239 Å². The molecule has 1 atom stereocenters. The first kappa shape index (κ1) is 57.9. The summed E-state index contributed by atoms with van der Waals surface area (Å²) in [4.78, 5) is 37.9. The number of esters is 3. The molecule has 0 spiro atoms. The quantitative estimate of drug-likeness (QED) is 0.0263. The molecule has 0 aromatic carbocycles. The molecule has 0 saturated carbocycles. The smallest absolute Gasteiger partial charge is 0.306 e. The maximum absolute atomic E-state index is 12.8. The van der Waals surface area contributed by atoms with Gasteiger partial charge in [-0.25, -0.2) is 0 Å². The summed E-state index contributed by atoms with van der Waals surface area (Å²) in [6, 6.07) is 0. The molecule has 0 unspecified atom stereocenters. The average Bonchev–Trinajstić information content (AvgIpc) is 3.26. The molecule has 0 fully saturated rings. The van der Waals surface area contributed by atoms with Crippen LogP contribution in [0.2, 0.25) is 0 Å². The first-order valence-electron chi connectivity index (χ1n) is 25.4. The molecule has 0 N–H and O–H groups in total. The summed E-state index contributed by atoms with van der Waals surface area (Å²) < 4.78 is 16.7. The normalized spacial score (nSPS) is 12.6. The van der Waals surface area contributed by atoms with Gasteiger partial charge >= 0.3 is 17.9 Å². The molecule has 350 valence electrons. The van der Waals surface area contributed by atoms with Crippen molar-refractivity contribution in [2.45, 2.75) is 245 Å². The zero-order valence-electron chi connectivity index (χ0n) is 39.9. The summed E-state index contributed by atoms with van der Waals surface area (Å²) in [6.07, 6.45) is 61.7. The first-order chi connectivity index (χ1) is 30.0. The van der Waals surface area contributed by atoms with Crippen LogP contribution in [0, 0.1) is 0 Å². The van der Waals surface area contributed by atoms with Crippen molar-refractivity contribution in [1.82, 2.24) is 0 Å². The number of ether oxygens (including phenoxy) is 3. The highest BCUT2D eigenvalue weighted by Gasteiger charge is 2.19. The molecule has 0 aliphatic carbocycles. The van der Waals surface area contributed by atoms with E-state index in [0.717, 1.165) is 103 Å². The third kappa shape index (κ3) is 47.7. The third-order valence-corrected chi connectivity index (χ3v) is 10.7. The van der Waals surface area contributed by atoms with E-state index in [-0.39, 0.29) is 31.1 Å². The van der Waals surface area contributed by atoms with Crippen molar-refractivity contribution < 1.29 is 28.6 Å². The summed E-state index contributed by atoms with van der Waals surface area (Å²) in [5, 5.41) is 0. The van der Waals surface area contributed by atoms with Crippen LogP contribution in [0.5, 0.6) is 0 Å². The minimum Gasteiger partial charge on any atom is -0.462 e. The lowest BCUT2D eigenvalue weighted by Gasteiger charge is -2.18. The Balaban J connectivity index is 4.48. The second kappa shape index (κ2) is 49.5. The van der Waals surface area contributed by atoms with E-state index < -0.39 is 6.10 Å². The van der Waals surface area contributed by atoms with Gasteiger partial charge < -0.3 is 14.2 Å². The molecular weight excluding hydrogens is 757 g/mol. The molecule has 0 radical (unpaired) electrons. The number of hydrogen-bond donors (Lipinski definition) is 0. The third-order valence-electron chi connectivity index (χ3n) is 10.7. The fourth-order valence-electron chi connectivity index (χ4n) is 6.83. The molecule has 0 aliphatic rings. The maximum Gasteiger partial charge on any atom is 0.306 e. The Labute approximate surface area is 376 Å². The molecule has 0 saturated heterocycles. The van der Waals surface area contributed by atoms with E-state index in [2.05, 4.69) is 93.7 Å². The topological polar surface area (TPSA) is 78.9 Å². The fraction of sp³-hybridized carbons (Fsp3) is 0.727. The highest BCUT2D eigenvalue weighted by molar-refractivity contribution is 5.71. The molecule has 0 aliphatic heterocycles. The van der Waals surface area contributed by atoms with Gasteiger partial charge in [0.15, 0.2) is 6.10 Å². The van der Waals surface area contributed by atoms with Gasteiger partial charge in [-0.15, -0.1) is 0 Å². The van der Waals surface area contributed by atoms with Gasteiger partial charge in [0, 0.05) is 19.3 Å². The van der Waals surface area contributed by atoms with Crippen molar-refractivity contribution in [3.63, 3.8) is 0 Å². The SMILES string of the molecule is CC/C=C\C/C=C\C/C=C\C/C=C\CCCCC(=O)OC[C@H](COC(=O)CCCCCCC/C=C\CCCCCC)OC(=O)CCCCCCC/C=C\CCCCCCCC. The summed E-state index contributed by atoms with van der Waals surface area (Å²) in [5.41, 5.74) is 0. The Kier molecular flexibility index (Phi) is 46.9. The van der Waals surface area contributed by atoms with Crippen molar-refractivity contribution in [3.8, 4) is 0 Å². The fourth-order valence-corrected chi connectivity index (χ4v) is 6.83. The summed E-state index contributed by atoms with van der Waals surface area (Å²) >= 11 is 0. The van der Waals surface area contributed by atoms with Crippen LogP contribution in [0.15, 0.2) is 72.9 Å². The van der Waals surface area contributed by atoms with E-state index in [1.807, 2.05) is 0 Å². The number of hydrogen-bond acceptors (Lipinski definition) is 6. The Bertz CT molecular complexity index is 1160. The number of unbranched alkanes of at least 4 members (excludes halogenated alkanes) is 22. The zero-order chi connectivity index (χ0) is 44.4. The van der Waals surface area contributed by atoms with Crippen LogP contribution < -0.4 is 0 Å². The summed E-state index contributed by atoms with van der Waals surface area (Å²) in [7, 11) is 0. The lowest BCUT2D eigenvalue weighted by molar-refractivity contribution is -0.167. The van der Waals surface area contributed by atoms with Gasteiger partial charge in [-0.3, -0.25) is 14.4 Å². The van der Waals surface area contributed by atoms with Crippen molar-refractivity contribution in [3.05, 3.63) is 72.9 Å². The van der Waals surface area contributed by atoms with Gasteiger partial charge in [0.1, 0.15) is 13.2 Å². The van der Waals surface area contributed by atoms with Crippen LogP contribution >= 0.6 is 0 Å². The minimum absolute atomic E-state index is 0.0964. The molecule has 0 aromatic rings. The van der Waals surface area contributed by atoms with Crippen LogP contribution in [0.25, 0.3) is 0 Å².